The first-order valence-electron chi connectivity index (χ1n) is 7.53. The monoisotopic (exact) mass is 268 g/mol. The largest absolute Gasteiger partial charge is 0.378 e. The summed E-state index contributed by atoms with van der Waals surface area (Å²) in [6, 6.07) is 0.253. The van der Waals surface area contributed by atoms with Gasteiger partial charge in [-0.15, -0.1) is 0 Å². The van der Waals surface area contributed by atoms with Gasteiger partial charge in [0.05, 0.1) is 6.10 Å². The van der Waals surface area contributed by atoms with E-state index in [0.29, 0.717) is 0 Å². The summed E-state index contributed by atoms with van der Waals surface area (Å²) in [6.45, 7) is 11.1. The van der Waals surface area contributed by atoms with Crippen LogP contribution in [0.3, 0.4) is 0 Å². The SMILES string of the molecule is CCOC1CC(NC(=O)C2(C)CCNCC2)C1(C)C. The molecule has 2 N–H and O–H groups in total. The molecule has 110 valence electrons. The van der Waals surface area contributed by atoms with Crippen molar-refractivity contribution in [1.82, 2.24) is 10.6 Å². The Morgan fingerprint density at radius 3 is 2.47 bits per heavy atom. The second-order valence-corrected chi connectivity index (χ2v) is 6.84. The molecule has 0 radical (unpaired) electrons. The van der Waals surface area contributed by atoms with Gasteiger partial charge in [-0.1, -0.05) is 20.8 Å². The van der Waals surface area contributed by atoms with E-state index in [1.807, 2.05) is 6.92 Å². The molecule has 0 aromatic heterocycles. The van der Waals surface area contributed by atoms with Crippen molar-refractivity contribution in [2.75, 3.05) is 19.7 Å². The van der Waals surface area contributed by atoms with E-state index in [-0.39, 0.29) is 28.9 Å². The van der Waals surface area contributed by atoms with Gasteiger partial charge in [-0.05, 0) is 39.3 Å². The van der Waals surface area contributed by atoms with Gasteiger partial charge in [-0.25, -0.2) is 0 Å². The van der Waals surface area contributed by atoms with Crippen LogP contribution in [0.1, 0.15) is 47.0 Å². The summed E-state index contributed by atoms with van der Waals surface area (Å²) in [5, 5.41) is 6.57. The maximum Gasteiger partial charge on any atom is 0.226 e. The Morgan fingerprint density at radius 2 is 1.95 bits per heavy atom. The van der Waals surface area contributed by atoms with Crippen molar-refractivity contribution in [2.45, 2.75) is 59.1 Å². The lowest BCUT2D eigenvalue weighted by Crippen LogP contribution is -2.64. The molecule has 0 spiro atoms. The zero-order valence-electron chi connectivity index (χ0n) is 12.7. The van der Waals surface area contributed by atoms with Crippen LogP contribution in [0.4, 0.5) is 0 Å². The van der Waals surface area contributed by atoms with E-state index in [1.54, 1.807) is 0 Å². The van der Waals surface area contributed by atoms with Crippen LogP contribution in [-0.2, 0) is 9.53 Å². The number of hydrogen-bond acceptors (Lipinski definition) is 3. The highest BCUT2D eigenvalue weighted by molar-refractivity contribution is 5.82. The van der Waals surface area contributed by atoms with Gasteiger partial charge in [0.2, 0.25) is 5.91 Å². The minimum absolute atomic E-state index is 0.0505. The molecule has 1 amide bonds. The molecule has 1 aliphatic carbocycles. The molecule has 0 aromatic rings. The van der Waals surface area contributed by atoms with E-state index < -0.39 is 0 Å². The molecule has 4 heteroatoms. The van der Waals surface area contributed by atoms with Crippen LogP contribution in [0.5, 0.6) is 0 Å². The number of amides is 1. The Bertz CT molecular complexity index is 335. The number of carbonyl (C=O) groups is 1. The number of piperidine rings is 1. The van der Waals surface area contributed by atoms with Gasteiger partial charge in [0.1, 0.15) is 0 Å². The Morgan fingerprint density at radius 1 is 1.32 bits per heavy atom. The minimum Gasteiger partial charge on any atom is -0.378 e. The van der Waals surface area contributed by atoms with Crippen LogP contribution in [0, 0.1) is 10.8 Å². The number of carbonyl (C=O) groups excluding carboxylic acids is 1. The molecule has 2 aliphatic rings. The van der Waals surface area contributed by atoms with Crippen molar-refractivity contribution < 1.29 is 9.53 Å². The summed E-state index contributed by atoms with van der Waals surface area (Å²) in [7, 11) is 0. The van der Waals surface area contributed by atoms with E-state index in [2.05, 4.69) is 31.4 Å². The number of ether oxygens (including phenoxy) is 1. The average molecular weight is 268 g/mol. The highest BCUT2D eigenvalue weighted by Crippen LogP contribution is 2.43. The summed E-state index contributed by atoms with van der Waals surface area (Å²) in [4.78, 5) is 12.5. The molecule has 0 bridgehead atoms. The quantitative estimate of drug-likeness (QED) is 0.816. The predicted octanol–water partition coefficient (Wildman–Crippen LogP) is 1.70. The fourth-order valence-electron chi connectivity index (χ4n) is 3.15. The van der Waals surface area contributed by atoms with Crippen molar-refractivity contribution in [2.24, 2.45) is 10.8 Å². The maximum atomic E-state index is 12.5. The van der Waals surface area contributed by atoms with Crippen LogP contribution < -0.4 is 10.6 Å². The highest BCUT2D eigenvalue weighted by atomic mass is 16.5. The summed E-state index contributed by atoms with van der Waals surface area (Å²) in [5.41, 5.74) is -0.146. The molecule has 0 aromatic carbocycles. The molecule has 2 fully saturated rings. The van der Waals surface area contributed by atoms with Gasteiger partial charge in [-0.2, -0.15) is 0 Å². The van der Waals surface area contributed by atoms with Crippen LogP contribution in [0.2, 0.25) is 0 Å². The standard InChI is InChI=1S/C15H28N2O2/c1-5-19-12-10-11(14(12,2)3)17-13(18)15(4)6-8-16-9-7-15/h11-12,16H,5-10H2,1-4H3,(H,17,18). The number of nitrogens with one attached hydrogen (secondary N) is 2. The van der Waals surface area contributed by atoms with Gasteiger partial charge >= 0.3 is 0 Å². The molecule has 2 atom stereocenters. The first-order valence-corrected chi connectivity index (χ1v) is 7.53. The lowest BCUT2D eigenvalue weighted by molar-refractivity contribution is -0.145. The third-order valence-electron chi connectivity index (χ3n) is 5.11. The van der Waals surface area contributed by atoms with Crippen molar-refractivity contribution in [3.63, 3.8) is 0 Å². The zero-order chi connectivity index (χ0) is 14.1. The molecule has 1 heterocycles. The van der Waals surface area contributed by atoms with E-state index in [9.17, 15) is 4.79 Å². The smallest absolute Gasteiger partial charge is 0.226 e. The summed E-state index contributed by atoms with van der Waals surface area (Å²) < 4.78 is 5.71. The number of hydrogen-bond donors (Lipinski definition) is 2. The van der Waals surface area contributed by atoms with Crippen molar-refractivity contribution in [1.29, 1.82) is 0 Å². The zero-order valence-corrected chi connectivity index (χ0v) is 12.7. The van der Waals surface area contributed by atoms with Crippen molar-refractivity contribution >= 4 is 5.91 Å². The predicted molar refractivity (Wildman–Crippen MR) is 76.0 cm³/mol. The highest BCUT2D eigenvalue weighted by Gasteiger charge is 2.50. The van der Waals surface area contributed by atoms with E-state index in [4.69, 9.17) is 4.74 Å². The Balaban J connectivity index is 1.90. The summed E-state index contributed by atoms with van der Waals surface area (Å²) in [6.07, 6.45) is 3.09. The van der Waals surface area contributed by atoms with Crippen LogP contribution >= 0.6 is 0 Å². The number of rotatable bonds is 4. The maximum absolute atomic E-state index is 12.5. The van der Waals surface area contributed by atoms with E-state index in [1.165, 1.54) is 0 Å². The first-order chi connectivity index (χ1) is 8.90. The van der Waals surface area contributed by atoms with Gasteiger partial charge in [0, 0.05) is 23.5 Å². The molecule has 2 rings (SSSR count). The lowest BCUT2D eigenvalue weighted by atomic mass is 9.64. The fraction of sp³-hybridized carbons (Fsp3) is 0.933. The van der Waals surface area contributed by atoms with Crippen LogP contribution in [0.15, 0.2) is 0 Å². The molecular formula is C15H28N2O2. The normalized spacial score (nSPS) is 32.4. The van der Waals surface area contributed by atoms with Crippen molar-refractivity contribution in [3.8, 4) is 0 Å². The molecule has 2 unspecified atom stereocenters. The third-order valence-corrected chi connectivity index (χ3v) is 5.11. The van der Waals surface area contributed by atoms with Crippen LogP contribution in [0.25, 0.3) is 0 Å². The molecular weight excluding hydrogens is 240 g/mol. The van der Waals surface area contributed by atoms with E-state index in [0.717, 1.165) is 39.0 Å². The molecule has 4 nitrogen and oxygen atoms in total. The van der Waals surface area contributed by atoms with Crippen molar-refractivity contribution in [3.05, 3.63) is 0 Å². The third kappa shape index (κ3) is 2.79. The Hall–Kier alpha value is -0.610. The minimum atomic E-state index is -0.196. The second kappa shape index (κ2) is 5.41. The topological polar surface area (TPSA) is 50.4 Å². The Kier molecular flexibility index (Phi) is 4.21. The Labute approximate surface area is 116 Å². The van der Waals surface area contributed by atoms with Gasteiger partial charge in [0.15, 0.2) is 0 Å². The fourth-order valence-corrected chi connectivity index (χ4v) is 3.15. The lowest BCUT2D eigenvalue weighted by Gasteiger charge is -2.52. The molecule has 1 saturated heterocycles. The second-order valence-electron chi connectivity index (χ2n) is 6.84. The molecule has 1 saturated carbocycles. The summed E-state index contributed by atoms with van der Waals surface area (Å²) in [5.74, 6) is 0.224. The van der Waals surface area contributed by atoms with Gasteiger partial charge < -0.3 is 15.4 Å². The first kappa shape index (κ1) is 14.8. The molecule has 19 heavy (non-hydrogen) atoms. The van der Waals surface area contributed by atoms with Crippen LogP contribution in [-0.4, -0.2) is 37.7 Å². The van der Waals surface area contributed by atoms with E-state index >= 15 is 0 Å². The molecule has 1 aliphatic heterocycles. The van der Waals surface area contributed by atoms with Gasteiger partial charge in [-0.3, -0.25) is 4.79 Å². The average Bonchev–Trinajstić information content (AvgIpc) is 2.38. The summed E-state index contributed by atoms with van der Waals surface area (Å²) >= 11 is 0. The van der Waals surface area contributed by atoms with Gasteiger partial charge in [0.25, 0.3) is 0 Å².